The quantitative estimate of drug-likeness (QED) is 0.369. The Bertz CT molecular complexity index is 1210. The molecule has 1 aliphatic rings. The van der Waals surface area contributed by atoms with Crippen molar-refractivity contribution in [3.63, 3.8) is 0 Å². The minimum Gasteiger partial charge on any atom is -0.505 e. The van der Waals surface area contributed by atoms with Crippen LogP contribution in [0, 0.1) is 12.7 Å². The molecule has 7 nitrogen and oxygen atoms in total. The Morgan fingerprint density at radius 2 is 1.87 bits per heavy atom. The number of likely N-dealkylation sites (tertiary alicyclic amines) is 1. The second-order valence-electron chi connectivity index (χ2n) is 7.95. The molecule has 0 unspecified atom stereocenters. The van der Waals surface area contributed by atoms with Crippen LogP contribution in [-0.2, 0) is 9.59 Å². The monoisotopic (exact) mass is 423 g/mol. The normalized spacial score (nSPS) is 18.5. The zero-order chi connectivity index (χ0) is 22.3. The number of aromatic nitrogens is 2. The summed E-state index contributed by atoms with van der Waals surface area (Å²) in [7, 11) is 3.85. The number of Topliss-reactive ketones (excluding diaryl/α,β-unsaturated/α-hetero) is 1. The van der Waals surface area contributed by atoms with Gasteiger partial charge in [-0.1, -0.05) is 24.3 Å². The van der Waals surface area contributed by atoms with Crippen LogP contribution in [0.3, 0.4) is 0 Å². The molecule has 2 N–H and O–H groups in total. The fourth-order valence-electron chi connectivity index (χ4n) is 4.00. The highest BCUT2D eigenvalue weighted by Crippen LogP contribution is 2.40. The van der Waals surface area contributed by atoms with E-state index in [0.717, 1.165) is 4.90 Å². The van der Waals surface area contributed by atoms with Crippen LogP contribution in [0.2, 0.25) is 0 Å². The van der Waals surface area contributed by atoms with Gasteiger partial charge in [-0.15, -0.1) is 0 Å². The van der Waals surface area contributed by atoms with Crippen LogP contribution in [0.5, 0.6) is 0 Å². The highest BCUT2D eigenvalue weighted by atomic mass is 19.1. The molecule has 0 radical (unpaired) electrons. The summed E-state index contributed by atoms with van der Waals surface area (Å²) in [5, 5.41) is 11.3. The van der Waals surface area contributed by atoms with Crippen molar-refractivity contribution in [2.24, 2.45) is 0 Å². The third kappa shape index (κ3) is 3.48. The van der Waals surface area contributed by atoms with E-state index in [2.05, 4.69) is 4.98 Å². The lowest BCUT2D eigenvalue weighted by atomic mass is 9.96. The van der Waals surface area contributed by atoms with Crippen LogP contribution in [0.4, 0.5) is 4.39 Å². The predicted molar refractivity (Wildman–Crippen MR) is 113 cm³/mol. The molecule has 1 aromatic carbocycles. The van der Waals surface area contributed by atoms with Gasteiger partial charge in [-0.2, -0.15) is 0 Å². The number of carbonyl (C=O) groups excluding carboxylic acids is 2. The van der Waals surface area contributed by atoms with E-state index in [1.807, 2.05) is 20.2 Å². The van der Waals surface area contributed by atoms with Crippen molar-refractivity contribution < 1.29 is 24.0 Å². The number of ketones is 1. The SMILES string of the molecule is Cc1nc2ccccn2c1C(O)=C1C(=O)C(=O)N(CC[NH+](C)C)[C@H]1c1ccccc1F. The van der Waals surface area contributed by atoms with Crippen molar-refractivity contribution in [2.75, 3.05) is 27.2 Å². The number of amides is 1. The Balaban J connectivity index is 1.95. The molecule has 3 aromatic rings. The maximum Gasteiger partial charge on any atom is 0.295 e. The zero-order valence-corrected chi connectivity index (χ0v) is 17.6. The molecule has 4 rings (SSSR count). The molecule has 1 fully saturated rings. The first-order valence-corrected chi connectivity index (χ1v) is 10.1. The molecule has 1 amide bonds. The Labute approximate surface area is 179 Å². The number of imidazole rings is 1. The number of aliphatic hydroxyl groups excluding tert-OH is 1. The van der Waals surface area contributed by atoms with Crippen molar-refractivity contribution >= 4 is 23.1 Å². The first kappa shape index (κ1) is 20.7. The van der Waals surface area contributed by atoms with Gasteiger partial charge in [0.1, 0.15) is 17.2 Å². The van der Waals surface area contributed by atoms with Crippen molar-refractivity contribution in [1.29, 1.82) is 0 Å². The van der Waals surface area contributed by atoms with Gasteiger partial charge in [-0.05, 0) is 25.1 Å². The average molecular weight is 423 g/mol. The summed E-state index contributed by atoms with van der Waals surface area (Å²) in [4.78, 5) is 32.8. The van der Waals surface area contributed by atoms with E-state index in [0.29, 0.717) is 23.6 Å². The van der Waals surface area contributed by atoms with Crippen LogP contribution in [-0.4, -0.2) is 58.3 Å². The number of halogens is 1. The first-order chi connectivity index (χ1) is 14.8. The van der Waals surface area contributed by atoms with Gasteiger partial charge in [0.15, 0.2) is 5.76 Å². The van der Waals surface area contributed by atoms with E-state index < -0.39 is 23.5 Å². The van der Waals surface area contributed by atoms with Crippen molar-refractivity contribution in [1.82, 2.24) is 14.3 Å². The number of nitrogens with zero attached hydrogens (tertiary/aromatic N) is 3. The van der Waals surface area contributed by atoms with Gasteiger partial charge in [0, 0.05) is 11.8 Å². The molecule has 0 aliphatic carbocycles. The van der Waals surface area contributed by atoms with Gasteiger partial charge in [0.2, 0.25) is 0 Å². The number of rotatable bonds is 5. The smallest absolute Gasteiger partial charge is 0.295 e. The lowest BCUT2D eigenvalue weighted by molar-refractivity contribution is -0.857. The molecule has 0 saturated carbocycles. The summed E-state index contributed by atoms with van der Waals surface area (Å²) in [5.74, 6) is -2.48. The predicted octanol–water partition coefficient (Wildman–Crippen LogP) is 1.35. The van der Waals surface area contributed by atoms with E-state index in [1.54, 1.807) is 41.8 Å². The Morgan fingerprint density at radius 1 is 1.16 bits per heavy atom. The highest BCUT2D eigenvalue weighted by molar-refractivity contribution is 6.46. The first-order valence-electron chi connectivity index (χ1n) is 10.1. The van der Waals surface area contributed by atoms with Gasteiger partial charge in [0.05, 0.1) is 44.5 Å². The van der Waals surface area contributed by atoms with Gasteiger partial charge in [0.25, 0.3) is 11.7 Å². The maximum atomic E-state index is 14.8. The number of aliphatic hydroxyl groups is 1. The molecule has 31 heavy (non-hydrogen) atoms. The molecule has 0 bridgehead atoms. The number of hydrogen-bond acceptors (Lipinski definition) is 4. The third-order valence-corrected chi connectivity index (χ3v) is 5.52. The molecule has 1 saturated heterocycles. The van der Waals surface area contributed by atoms with Crippen LogP contribution in [0.15, 0.2) is 54.2 Å². The molecule has 8 heteroatoms. The van der Waals surface area contributed by atoms with Crippen molar-refractivity contribution in [2.45, 2.75) is 13.0 Å². The number of quaternary nitrogens is 1. The average Bonchev–Trinajstić information content (AvgIpc) is 3.20. The number of pyridine rings is 1. The number of hydrogen-bond donors (Lipinski definition) is 2. The van der Waals surface area contributed by atoms with E-state index in [9.17, 15) is 19.1 Å². The number of aryl methyl sites for hydroxylation is 1. The minimum atomic E-state index is -1.02. The van der Waals surface area contributed by atoms with Crippen LogP contribution < -0.4 is 4.90 Å². The Morgan fingerprint density at radius 3 is 2.58 bits per heavy atom. The molecule has 1 aliphatic heterocycles. The van der Waals surface area contributed by atoms with Gasteiger partial charge >= 0.3 is 0 Å². The molecule has 2 aromatic heterocycles. The topological polar surface area (TPSA) is 79.3 Å². The summed E-state index contributed by atoms with van der Waals surface area (Å²) in [6.45, 7) is 2.52. The molecular weight excluding hydrogens is 399 g/mol. The van der Waals surface area contributed by atoms with E-state index in [4.69, 9.17) is 0 Å². The lowest BCUT2D eigenvalue weighted by Crippen LogP contribution is -3.06. The number of nitrogens with one attached hydrogen (secondary N) is 1. The standard InChI is InChI=1S/C23H23FN4O3/c1-14-19(27-11-7-6-10-17(27)25-14)21(29)18-20(15-8-4-5-9-16(15)24)28(13-12-26(2)3)23(31)22(18)30/h4-11,20,29H,12-13H2,1-3H3/p+1/t20-/m0/s1. The van der Waals surface area contributed by atoms with Gasteiger partial charge < -0.3 is 14.9 Å². The summed E-state index contributed by atoms with van der Waals surface area (Å²) in [6.07, 6.45) is 1.72. The fraction of sp³-hybridized carbons (Fsp3) is 0.261. The Kier molecular flexibility index (Phi) is 5.32. The fourth-order valence-corrected chi connectivity index (χ4v) is 4.00. The van der Waals surface area contributed by atoms with E-state index in [1.165, 1.54) is 17.0 Å². The van der Waals surface area contributed by atoms with E-state index >= 15 is 0 Å². The highest BCUT2D eigenvalue weighted by Gasteiger charge is 2.47. The van der Waals surface area contributed by atoms with Gasteiger partial charge in [-0.3, -0.25) is 14.0 Å². The maximum absolute atomic E-state index is 14.8. The molecule has 160 valence electrons. The molecule has 0 spiro atoms. The summed E-state index contributed by atoms with van der Waals surface area (Å²) < 4.78 is 16.5. The van der Waals surface area contributed by atoms with Crippen LogP contribution in [0.25, 0.3) is 11.4 Å². The molecule has 1 atom stereocenters. The Hall–Kier alpha value is -3.52. The molecule has 3 heterocycles. The zero-order valence-electron chi connectivity index (χ0n) is 17.6. The van der Waals surface area contributed by atoms with Crippen LogP contribution in [0.1, 0.15) is 23.0 Å². The van der Waals surface area contributed by atoms with E-state index in [-0.39, 0.29) is 23.4 Å². The minimum absolute atomic E-state index is 0.127. The van der Waals surface area contributed by atoms with Crippen molar-refractivity contribution in [3.8, 4) is 0 Å². The van der Waals surface area contributed by atoms with Crippen molar-refractivity contribution in [3.05, 3.63) is 77.0 Å². The molecular formula is C23H24FN4O3+. The number of carbonyl (C=O) groups is 2. The lowest BCUT2D eigenvalue weighted by Gasteiger charge is -2.25. The number of benzene rings is 1. The number of fused-ring (bicyclic) bond motifs is 1. The number of likely N-dealkylation sites (N-methyl/N-ethyl adjacent to an activating group) is 1. The van der Waals surface area contributed by atoms with Gasteiger partial charge in [-0.25, -0.2) is 9.37 Å². The second kappa shape index (κ2) is 7.96. The third-order valence-electron chi connectivity index (χ3n) is 5.52. The second-order valence-corrected chi connectivity index (χ2v) is 7.95. The summed E-state index contributed by atoms with van der Waals surface area (Å²) in [5.41, 5.74) is 1.45. The van der Waals surface area contributed by atoms with Crippen LogP contribution >= 0.6 is 0 Å². The largest absolute Gasteiger partial charge is 0.505 e. The summed E-state index contributed by atoms with van der Waals surface area (Å²) in [6, 6.07) is 10.4. The summed E-state index contributed by atoms with van der Waals surface area (Å²) >= 11 is 0.